The lowest BCUT2D eigenvalue weighted by molar-refractivity contribution is -0.118. The first-order chi connectivity index (χ1) is 9.38. The number of hydrogen-bond acceptors (Lipinski definition) is 2. The molecule has 3 heteroatoms. The first-order valence-corrected chi connectivity index (χ1v) is 9.53. The highest BCUT2D eigenvalue weighted by atomic mass is 79.9. The largest absolute Gasteiger partial charge is 0.307 e. The molecule has 0 aromatic carbocycles. The van der Waals surface area contributed by atoms with E-state index in [0.717, 1.165) is 12.5 Å². The molecule has 2 atom stereocenters. The van der Waals surface area contributed by atoms with Crippen molar-refractivity contribution in [3.05, 3.63) is 20.8 Å². The summed E-state index contributed by atoms with van der Waals surface area (Å²) in [5.41, 5.74) is 3.08. The van der Waals surface area contributed by atoms with Gasteiger partial charge in [0.05, 0.1) is 3.79 Å². The van der Waals surface area contributed by atoms with Crippen molar-refractivity contribution in [3.8, 4) is 0 Å². The summed E-state index contributed by atoms with van der Waals surface area (Å²) in [7, 11) is 0. The van der Waals surface area contributed by atoms with Crippen molar-refractivity contribution in [3.63, 3.8) is 0 Å². The van der Waals surface area contributed by atoms with Crippen LogP contribution in [0.2, 0.25) is 0 Å². The maximum absolute atomic E-state index is 3.99. The number of rotatable bonds is 3. The molecule has 4 aliphatic rings. The Morgan fingerprint density at radius 2 is 1.90 bits per heavy atom. The van der Waals surface area contributed by atoms with Crippen molar-refractivity contribution in [1.82, 2.24) is 5.32 Å². The standard InChI is InChI=1S/C17H24BrNS/c1-15-4-13-5-16(2,9-15)11-17(6-13,10-15)19-7-12-3-14(18)20-8-12/h3,8,13,19H,4-7,9-11H2,1-2H3. The van der Waals surface area contributed by atoms with Crippen LogP contribution in [0.4, 0.5) is 0 Å². The molecule has 2 unspecified atom stereocenters. The SMILES string of the molecule is CC12CC3CC(C)(C1)CC(NCc1csc(Br)c1)(C3)C2. The number of thiophene rings is 1. The average Bonchev–Trinajstić information content (AvgIpc) is 2.68. The van der Waals surface area contributed by atoms with Crippen LogP contribution in [0.3, 0.4) is 0 Å². The first-order valence-electron chi connectivity index (χ1n) is 7.86. The maximum atomic E-state index is 3.99. The van der Waals surface area contributed by atoms with Crippen molar-refractivity contribution >= 4 is 27.3 Å². The van der Waals surface area contributed by atoms with Gasteiger partial charge in [0.25, 0.3) is 0 Å². The summed E-state index contributed by atoms with van der Waals surface area (Å²) < 4.78 is 1.25. The second-order valence-corrected chi connectivity index (χ2v) is 10.8. The van der Waals surface area contributed by atoms with E-state index in [1.165, 1.54) is 47.9 Å². The summed E-state index contributed by atoms with van der Waals surface area (Å²) in [5.74, 6) is 0.975. The van der Waals surface area contributed by atoms with E-state index in [2.05, 4.69) is 46.5 Å². The van der Waals surface area contributed by atoms with Crippen LogP contribution in [-0.2, 0) is 6.54 Å². The molecule has 1 N–H and O–H groups in total. The summed E-state index contributed by atoms with van der Waals surface area (Å²) in [6, 6.07) is 2.27. The van der Waals surface area contributed by atoms with E-state index in [-0.39, 0.29) is 0 Å². The molecule has 1 heterocycles. The van der Waals surface area contributed by atoms with Gasteiger partial charge in [-0.2, -0.15) is 0 Å². The zero-order valence-corrected chi connectivity index (χ0v) is 14.9. The highest BCUT2D eigenvalue weighted by Crippen LogP contribution is 2.66. The normalized spacial score (nSPS) is 46.0. The Morgan fingerprint density at radius 3 is 2.45 bits per heavy atom. The lowest BCUT2D eigenvalue weighted by Crippen LogP contribution is -2.63. The summed E-state index contributed by atoms with van der Waals surface area (Å²) in [4.78, 5) is 0. The second kappa shape index (κ2) is 4.33. The van der Waals surface area contributed by atoms with Crippen LogP contribution in [0.5, 0.6) is 0 Å². The van der Waals surface area contributed by atoms with Crippen LogP contribution in [-0.4, -0.2) is 5.54 Å². The molecule has 110 valence electrons. The van der Waals surface area contributed by atoms with Gasteiger partial charge in [-0.25, -0.2) is 0 Å². The van der Waals surface area contributed by atoms with E-state index in [1.54, 1.807) is 11.3 Å². The summed E-state index contributed by atoms with van der Waals surface area (Å²) >= 11 is 5.37. The molecule has 0 amide bonds. The highest BCUT2D eigenvalue weighted by Gasteiger charge is 2.59. The van der Waals surface area contributed by atoms with Gasteiger partial charge in [-0.3, -0.25) is 0 Å². The zero-order chi connectivity index (χ0) is 14.0. The molecule has 1 aromatic rings. The molecule has 4 aliphatic carbocycles. The molecule has 1 aromatic heterocycles. The van der Waals surface area contributed by atoms with Crippen molar-refractivity contribution in [2.24, 2.45) is 16.7 Å². The van der Waals surface area contributed by atoms with Gasteiger partial charge in [-0.05, 0) is 88.2 Å². The Balaban J connectivity index is 1.55. The molecule has 0 saturated heterocycles. The smallest absolute Gasteiger partial charge is 0.0701 e. The van der Waals surface area contributed by atoms with E-state index in [9.17, 15) is 0 Å². The number of nitrogens with one attached hydrogen (secondary N) is 1. The Kier molecular flexibility index (Phi) is 2.98. The lowest BCUT2D eigenvalue weighted by Gasteiger charge is -2.65. The highest BCUT2D eigenvalue weighted by molar-refractivity contribution is 9.11. The minimum Gasteiger partial charge on any atom is -0.307 e. The molecular weight excluding hydrogens is 330 g/mol. The van der Waals surface area contributed by atoms with Gasteiger partial charge in [-0.1, -0.05) is 13.8 Å². The maximum Gasteiger partial charge on any atom is 0.0701 e. The van der Waals surface area contributed by atoms with Gasteiger partial charge >= 0.3 is 0 Å². The Bertz CT molecular complexity index is 519. The van der Waals surface area contributed by atoms with E-state index < -0.39 is 0 Å². The average molecular weight is 354 g/mol. The molecule has 0 aliphatic heterocycles. The van der Waals surface area contributed by atoms with Crippen LogP contribution >= 0.6 is 27.3 Å². The Labute approximate surface area is 134 Å². The van der Waals surface area contributed by atoms with Gasteiger partial charge in [0.1, 0.15) is 0 Å². The third-order valence-corrected chi connectivity index (χ3v) is 7.47. The molecule has 20 heavy (non-hydrogen) atoms. The molecular formula is C17H24BrNS. The van der Waals surface area contributed by atoms with Crippen molar-refractivity contribution in [2.75, 3.05) is 0 Å². The van der Waals surface area contributed by atoms with Crippen LogP contribution in [0.1, 0.15) is 57.9 Å². The fraction of sp³-hybridized carbons (Fsp3) is 0.765. The zero-order valence-electron chi connectivity index (χ0n) is 12.5. The topological polar surface area (TPSA) is 12.0 Å². The van der Waals surface area contributed by atoms with Crippen molar-refractivity contribution < 1.29 is 0 Å². The number of halogens is 1. The molecule has 0 radical (unpaired) electrons. The van der Waals surface area contributed by atoms with E-state index in [0.29, 0.717) is 16.4 Å². The van der Waals surface area contributed by atoms with Crippen LogP contribution in [0.15, 0.2) is 15.2 Å². The van der Waals surface area contributed by atoms with Gasteiger partial charge in [-0.15, -0.1) is 11.3 Å². The predicted molar refractivity (Wildman–Crippen MR) is 89.0 cm³/mol. The van der Waals surface area contributed by atoms with Crippen molar-refractivity contribution in [2.45, 2.75) is 64.5 Å². The molecule has 4 fully saturated rings. The Hall–Kier alpha value is 0.140. The summed E-state index contributed by atoms with van der Waals surface area (Å²) in [5, 5.41) is 6.27. The molecule has 4 saturated carbocycles. The van der Waals surface area contributed by atoms with Gasteiger partial charge in [0.2, 0.25) is 0 Å². The van der Waals surface area contributed by atoms with Crippen LogP contribution < -0.4 is 5.32 Å². The quantitative estimate of drug-likeness (QED) is 0.772. The minimum atomic E-state index is 0.428. The third-order valence-electron chi connectivity index (χ3n) is 5.92. The number of hydrogen-bond donors (Lipinski definition) is 1. The lowest BCUT2D eigenvalue weighted by atomic mass is 9.43. The first kappa shape index (κ1) is 13.8. The van der Waals surface area contributed by atoms with Crippen molar-refractivity contribution in [1.29, 1.82) is 0 Å². The minimum absolute atomic E-state index is 0.428. The molecule has 5 rings (SSSR count). The summed E-state index contributed by atoms with van der Waals surface area (Å²) in [6.07, 6.45) is 8.65. The fourth-order valence-corrected chi connectivity index (χ4v) is 7.58. The third kappa shape index (κ3) is 2.30. The second-order valence-electron chi connectivity index (χ2n) is 8.52. The fourth-order valence-electron chi connectivity index (χ4n) is 6.37. The van der Waals surface area contributed by atoms with Crippen LogP contribution in [0.25, 0.3) is 0 Å². The summed E-state index contributed by atoms with van der Waals surface area (Å²) in [6.45, 7) is 6.14. The van der Waals surface area contributed by atoms with E-state index in [4.69, 9.17) is 0 Å². The molecule has 4 bridgehead atoms. The molecule has 1 nitrogen and oxygen atoms in total. The van der Waals surface area contributed by atoms with E-state index in [1.807, 2.05) is 0 Å². The monoisotopic (exact) mass is 353 g/mol. The molecule has 0 spiro atoms. The Morgan fingerprint density at radius 1 is 1.20 bits per heavy atom. The van der Waals surface area contributed by atoms with E-state index >= 15 is 0 Å². The van der Waals surface area contributed by atoms with Gasteiger partial charge in [0, 0.05) is 12.1 Å². The predicted octanol–water partition coefficient (Wildman–Crippen LogP) is 5.35. The van der Waals surface area contributed by atoms with Gasteiger partial charge in [0.15, 0.2) is 0 Å². The van der Waals surface area contributed by atoms with Gasteiger partial charge < -0.3 is 5.32 Å². The van der Waals surface area contributed by atoms with Crippen LogP contribution in [0, 0.1) is 16.7 Å².